The number of rotatable bonds is 1. The Balaban J connectivity index is 2.11. The van der Waals surface area contributed by atoms with Crippen molar-refractivity contribution in [1.82, 2.24) is 5.43 Å². The average Bonchev–Trinajstić information content (AvgIpc) is 2.75. The number of fused-ring (bicyclic) bond motifs is 1. The van der Waals surface area contributed by atoms with Crippen molar-refractivity contribution >= 4 is 17.5 Å². The van der Waals surface area contributed by atoms with Gasteiger partial charge in [0.15, 0.2) is 11.5 Å². The van der Waals surface area contributed by atoms with Crippen molar-refractivity contribution in [2.24, 2.45) is 5.84 Å². The zero-order valence-electron chi connectivity index (χ0n) is 8.15. The normalized spacial score (nSPS) is 12.1. The maximum atomic E-state index is 11.2. The number of hydrogen-bond donors (Lipinski definition) is 3. The maximum absolute atomic E-state index is 11.2. The van der Waals surface area contributed by atoms with Crippen LogP contribution in [0.1, 0.15) is 0 Å². The van der Waals surface area contributed by atoms with Gasteiger partial charge in [-0.3, -0.25) is 15.0 Å². The quantitative estimate of drug-likeness (QED) is 0.254. The predicted molar refractivity (Wildman–Crippen MR) is 53.5 cm³/mol. The molecule has 7 nitrogen and oxygen atoms in total. The van der Waals surface area contributed by atoms with Gasteiger partial charge >= 0.3 is 11.8 Å². The van der Waals surface area contributed by atoms with Crippen molar-refractivity contribution in [1.29, 1.82) is 0 Å². The number of carbonyl (C=O) groups is 2. The lowest BCUT2D eigenvalue weighted by Crippen LogP contribution is -2.39. The fourth-order valence-electron chi connectivity index (χ4n) is 1.23. The van der Waals surface area contributed by atoms with Crippen molar-refractivity contribution < 1.29 is 19.1 Å². The molecule has 1 aromatic carbocycles. The predicted octanol–water partition coefficient (Wildman–Crippen LogP) is -0.656. The van der Waals surface area contributed by atoms with E-state index in [0.29, 0.717) is 17.2 Å². The molecule has 16 heavy (non-hydrogen) atoms. The first kappa shape index (κ1) is 10.2. The first-order valence-corrected chi connectivity index (χ1v) is 4.42. The summed E-state index contributed by atoms with van der Waals surface area (Å²) in [5.74, 6) is 4.16. The summed E-state index contributed by atoms with van der Waals surface area (Å²) in [6, 6.07) is 4.79. The van der Waals surface area contributed by atoms with Crippen LogP contribution in [0.4, 0.5) is 5.69 Å². The van der Waals surface area contributed by atoms with Gasteiger partial charge in [0, 0.05) is 11.8 Å². The lowest BCUT2D eigenvalue weighted by molar-refractivity contribution is -0.136. The Hall–Kier alpha value is -2.28. The van der Waals surface area contributed by atoms with E-state index in [0.717, 1.165) is 0 Å². The molecule has 1 aliphatic heterocycles. The number of nitrogens with two attached hydrogens (primary N) is 1. The maximum Gasteiger partial charge on any atom is 0.323 e. The Labute approximate surface area is 90.5 Å². The molecule has 0 aliphatic carbocycles. The summed E-state index contributed by atoms with van der Waals surface area (Å²) in [6.45, 7) is 0.149. The number of hydrogen-bond acceptors (Lipinski definition) is 5. The highest BCUT2D eigenvalue weighted by Crippen LogP contribution is 2.34. The monoisotopic (exact) mass is 223 g/mol. The summed E-state index contributed by atoms with van der Waals surface area (Å²) in [5.41, 5.74) is 2.16. The molecule has 84 valence electrons. The zero-order chi connectivity index (χ0) is 11.5. The van der Waals surface area contributed by atoms with Crippen molar-refractivity contribution in [2.75, 3.05) is 12.1 Å². The Morgan fingerprint density at radius 2 is 1.94 bits per heavy atom. The number of nitrogens with one attached hydrogen (secondary N) is 2. The van der Waals surface area contributed by atoms with Crippen LogP contribution in [0.2, 0.25) is 0 Å². The molecule has 0 aromatic heterocycles. The van der Waals surface area contributed by atoms with Gasteiger partial charge in [-0.1, -0.05) is 0 Å². The summed E-state index contributed by atoms with van der Waals surface area (Å²) < 4.78 is 10.2. The summed E-state index contributed by atoms with van der Waals surface area (Å²) >= 11 is 0. The Morgan fingerprint density at radius 3 is 2.69 bits per heavy atom. The molecule has 0 saturated carbocycles. The van der Waals surface area contributed by atoms with E-state index in [4.69, 9.17) is 15.3 Å². The van der Waals surface area contributed by atoms with E-state index in [1.807, 2.05) is 0 Å². The van der Waals surface area contributed by atoms with Gasteiger partial charge in [0.2, 0.25) is 6.79 Å². The summed E-state index contributed by atoms with van der Waals surface area (Å²) in [7, 11) is 0. The van der Waals surface area contributed by atoms with Crippen molar-refractivity contribution in [3.63, 3.8) is 0 Å². The van der Waals surface area contributed by atoms with E-state index < -0.39 is 11.8 Å². The number of anilines is 1. The number of benzene rings is 1. The zero-order valence-corrected chi connectivity index (χ0v) is 8.15. The second-order valence-electron chi connectivity index (χ2n) is 3.00. The third-order valence-electron chi connectivity index (χ3n) is 1.97. The standard InChI is InChI=1S/C9H9N3O4/c10-12-9(14)8(13)11-5-1-2-6-7(3-5)16-4-15-6/h1-3H,4,10H2,(H,11,13)(H,12,14). The van der Waals surface area contributed by atoms with Crippen LogP contribution in [0.15, 0.2) is 18.2 Å². The van der Waals surface area contributed by atoms with E-state index in [1.54, 1.807) is 23.6 Å². The molecule has 7 heteroatoms. The minimum Gasteiger partial charge on any atom is -0.454 e. The SMILES string of the molecule is NNC(=O)C(=O)Nc1ccc2c(c1)OCO2. The van der Waals surface area contributed by atoms with Crippen LogP contribution in [0.25, 0.3) is 0 Å². The molecule has 0 spiro atoms. The van der Waals surface area contributed by atoms with Crippen molar-refractivity contribution in [2.45, 2.75) is 0 Å². The fraction of sp³-hybridized carbons (Fsp3) is 0.111. The van der Waals surface area contributed by atoms with Crippen LogP contribution >= 0.6 is 0 Å². The van der Waals surface area contributed by atoms with Crippen molar-refractivity contribution in [3.8, 4) is 11.5 Å². The van der Waals surface area contributed by atoms with Crippen LogP contribution in [0.5, 0.6) is 11.5 Å². The minimum absolute atomic E-state index is 0.149. The lowest BCUT2D eigenvalue weighted by atomic mass is 10.3. The van der Waals surface area contributed by atoms with E-state index in [2.05, 4.69) is 5.32 Å². The molecule has 0 saturated heterocycles. The van der Waals surface area contributed by atoms with E-state index >= 15 is 0 Å². The third kappa shape index (κ3) is 1.89. The topological polar surface area (TPSA) is 103 Å². The Bertz CT molecular complexity index is 446. The van der Waals surface area contributed by atoms with Gasteiger partial charge in [0.05, 0.1) is 0 Å². The van der Waals surface area contributed by atoms with Crippen LogP contribution in [-0.2, 0) is 9.59 Å². The molecule has 2 rings (SSSR count). The highest BCUT2D eigenvalue weighted by Gasteiger charge is 2.16. The van der Waals surface area contributed by atoms with Gasteiger partial charge in [-0.15, -0.1) is 0 Å². The van der Waals surface area contributed by atoms with Crippen LogP contribution in [-0.4, -0.2) is 18.6 Å². The average molecular weight is 223 g/mol. The molecular formula is C9H9N3O4. The molecule has 1 heterocycles. The number of ether oxygens (including phenoxy) is 2. The molecule has 1 aliphatic rings. The lowest BCUT2D eigenvalue weighted by Gasteiger charge is -2.04. The van der Waals surface area contributed by atoms with Gasteiger partial charge in [-0.25, -0.2) is 5.84 Å². The second kappa shape index (κ2) is 4.07. The van der Waals surface area contributed by atoms with Crippen LogP contribution in [0, 0.1) is 0 Å². The van der Waals surface area contributed by atoms with Crippen LogP contribution < -0.4 is 26.1 Å². The highest BCUT2D eigenvalue weighted by atomic mass is 16.7. The van der Waals surface area contributed by atoms with Crippen molar-refractivity contribution in [3.05, 3.63) is 18.2 Å². The molecule has 0 bridgehead atoms. The number of hydrazine groups is 1. The molecular weight excluding hydrogens is 214 g/mol. The largest absolute Gasteiger partial charge is 0.454 e. The molecule has 4 N–H and O–H groups in total. The van der Waals surface area contributed by atoms with Gasteiger partial charge in [-0.05, 0) is 12.1 Å². The van der Waals surface area contributed by atoms with E-state index in [-0.39, 0.29) is 6.79 Å². The Kier molecular flexibility index (Phi) is 2.61. The summed E-state index contributed by atoms with van der Waals surface area (Å²) in [5, 5.41) is 2.36. The first-order chi connectivity index (χ1) is 7.70. The Morgan fingerprint density at radius 1 is 1.19 bits per heavy atom. The second-order valence-corrected chi connectivity index (χ2v) is 3.00. The third-order valence-corrected chi connectivity index (χ3v) is 1.97. The molecule has 2 amide bonds. The molecule has 0 fully saturated rings. The molecule has 0 atom stereocenters. The smallest absolute Gasteiger partial charge is 0.323 e. The fourth-order valence-corrected chi connectivity index (χ4v) is 1.23. The van der Waals surface area contributed by atoms with Gasteiger partial charge in [0.25, 0.3) is 0 Å². The van der Waals surface area contributed by atoms with E-state index in [1.165, 1.54) is 0 Å². The van der Waals surface area contributed by atoms with Gasteiger partial charge < -0.3 is 14.8 Å². The number of amides is 2. The van der Waals surface area contributed by atoms with E-state index in [9.17, 15) is 9.59 Å². The van der Waals surface area contributed by atoms with Crippen LogP contribution in [0.3, 0.4) is 0 Å². The van der Waals surface area contributed by atoms with Gasteiger partial charge in [-0.2, -0.15) is 0 Å². The summed E-state index contributed by atoms with van der Waals surface area (Å²) in [4.78, 5) is 22.0. The molecule has 1 aromatic rings. The first-order valence-electron chi connectivity index (χ1n) is 4.42. The highest BCUT2D eigenvalue weighted by molar-refractivity contribution is 6.39. The minimum atomic E-state index is -0.919. The molecule has 0 unspecified atom stereocenters. The summed E-state index contributed by atoms with van der Waals surface area (Å²) in [6.07, 6.45) is 0. The molecule has 0 radical (unpaired) electrons. The number of carbonyl (C=O) groups excluding carboxylic acids is 2. The van der Waals surface area contributed by atoms with Gasteiger partial charge in [0.1, 0.15) is 0 Å².